The lowest BCUT2D eigenvalue weighted by Crippen LogP contribution is -2.40. The van der Waals surface area contributed by atoms with Gasteiger partial charge in [0.15, 0.2) is 0 Å². The average Bonchev–Trinajstić information content (AvgIpc) is 2.86. The Hall–Kier alpha value is -1.02. The van der Waals surface area contributed by atoms with Crippen molar-refractivity contribution in [1.82, 2.24) is 4.90 Å². The van der Waals surface area contributed by atoms with Crippen molar-refractivity contribution < 1.29 is 0 Å². The minimum absolute atomic E-state index is 0.250. The van der Waals surface area contributed by atoms with Crippen molar-refractivity contribution in [2.75, 3.05) is 24.7 Å². The van der Waals surface area contributed by atoms with Crippen LogP contribution in [0.4, 0.5) is 5.69 Å². The Labute approximate surface area is 131 Å². The first-order valence-electron chi connectivity index (χ1n) is 8.34. The quantitative estimate of drug-likeness (QED) is 0.787. The molecule has 1 aliphatic heterocycles. The summed E-state index contributed by atoms with van der Waals surface area (Å²) < 4.78 is 0. The smallest absolute Gasteiger partial charge is 0.0712 e. The molecule has 2 rings (SSSR count). The van der Waals surface area contributed by atoms with Crippen LogP contribution in [0, 0.1) is 0 Å². The zero-order valence-corrected chi connectivity index (χ0v) is 14.9. The fourth-order valence-electron chi connectivity index (χ4n) is 3.20. The molecule has 0 aromatic heterocycles. The van der Waals surface area contributed by atoms with Crippen LogP contribution in [0.25, 0.3) is 0 Å². The van der Waals surface area contributed by atoms with Crippen LogP contribution in [0.15, 0.2) is 18.2 Å². The highest BCUT2D eigenvalue weighted by molar-refractivity contribution is 5.62. The van der Waals surface area contributed by atoms with E-state index in [4.69, 9.17) is 0 Å². The van der Waals surface area contributed by atoms with Crippen molar-refractivity contribution in [2.24, 2.45) is 0 Å². The lowest BCUT2D eigenvalue weighted by Gasteiger charge is -2.33. The number of para-hydroxylation sites is 1. The fraction of sp³-hybridized carbons (Fsp3) is 0.684. The highest BCUT2D eigenvalue weighted by Gasteiger charge is 2.31. The molecule has 0 amide bonds. The molecule has 118 valence electrons. The number of nitrogens with zero attached hydrogens (tertiary/aromatic N) is 2. The third-order valence-electron chi connectivity index (χ3n) is 4.59. The van der Waals surface area contributed by atoms with Gasteiger partial charge in [-0.15, -0.1) is 0 Å². The number of hydrogen-bond donors (Lipinski definition) is 0. The van der Waals surface area contributed by atoms with E-state index >= 15 is 0 Å². The molecule has 1 saturated heterocycles. The minimum Gasteiger partial charge on any atom is -0.357 e. The van der Waals surface area contributed by atoms with Crippen molar-refractivity contribution >= 4 is 5.69 Å². The van der Waals surface area contributed by atoms with Crippen LogP contribution in [0.3, 0.4) is 0 Å². The van der Waals surface area contributed by atoms with Gasteiger partial charge in [0.2, 0.25) is 0 Å². The van der Waals surface area contributed by atoms with Crippen molar-refractivity contribution in [2.45, 2.75) is 65.8 Å². The predicted molar refractivity (Wildman–Crippen MR) is 93.3 cm³/mol. The normalized spacial score (nSPS) is 17.3. The summed E-state index contributed by atoms with van der Waals surface area (Å²) >= 11 is 0. The predicted octanol–water partition coefficient (Wildman–Crippen LogP) is 4.81. The second-order valence-corrected chi connectivity index (χ2v) is 7.93. The molecule has 0 spiro atoms. The number of hydrogen-bond acceptors (Lipinski definition) is 2. The maximum atomic E-state index is 2.59. The Morgan fingerprint density at radius 3 is 1.81 bits per heavy atom. The first kappa shape index (κ1) is 16.4. The molecule has 0 radical (unpaired) electrons. The molecule has 2 heteroatoms. The van der Waals surface area contributed by atoms with E-state index in [0.717, 1.165) is 19.8 Å². The third kappa shape index (κ3) is 3.42. The molecule has 0 aliphatic carbocycles. The molecular weight excluding hydrogens is 256 g/mol. The molecule has 1 aromatic rings. The third-order valence-corrected chi connectivity index (χ3v) is 4.59. The van der Waals surface area contributed by atoms with E-state index in [2.05, 4.69) is 76.5 Å². The summed E-state index contributed by atoms with van der Waals surface area (Å²) in [7, 11) is 0. The number of anilines is 1. The monoisotopic (exact) mass is 288 g/mol. The molecule has 1 aromatic carbocycles. The van der Waals surface area contributed by atoms with E-state index in [9.17, 15) is 0 Å². The van der Waals surface area contributed by atoms with Gasteiger partial charge in [-0.2, -0.15) is 0 Å². The summed E-state index contributed by atoms with van der Waals surface area (Å²) in [5.41, 5.74) is 4.74. The Balaban J connectivity index is 2.39. The number of benzene rings is 1. The second kappa shape index (κ2) is 6.00. The highest BCUT2D eigenvalue weighted by atomic mass is 15.4. The molecule has 0 bridgehead atoms. The van der Waals surface area contributed by atoms with Crippen molar-refractivity contribution in [3.8, 4) is 0 Å². The van der Waals surface area contributed by atoms with Gasteiger partial charge in [-0.05, 0) is 43.7 Å². The van der Waals surface area contributed by atoms with E-state index in [1.807, 2.05) is 0 Å². The molecule has 1 heterocycles. The van der Waals surface area contributed by atoms with Gasteiger partial charge in [-0.25, -0.2) is 0 Å². The molecule has 1 fully saturated rings. The maximum absolute atomic E-state index is 2.59. The van der Waals surface area contributed by atoms with Crippen LogP contribution in [0.1, 0.15) is 71.4 Å². The van der Waals surface area contributed by atoms with Gasteiger partial charge in [0.1, 0.15) is 0 Å². The van der Waals surface area contributed by atoms with Crippen LogP contribution in [-0.2, 0) is 0 Å². The van der Waals surface area contributed by atoms with Crippen LogP contribution < -0.4 is 4.90 Å². The van der Waals surface area contributed by atoms with Crippen LogP contribution in [-0.4, -0.2) is 30.2 Å². The van der Waals surface area contributed by atoms with E-state index in [1.165, 1.54) is 16.8 Å². The summed E-state index contributed by atoms with van der Waals surface area (Å²) in [5, 5.41) is 0. The molecule has 1 aliphatic rings. The van der Waals surface area contributed by atoms with E-state index in [1.54, 1.807) is 0 Å². The largest absolute Gasteiger partial charge is 0.357 e. The zero-order chi connectivity index (χ0) is 15.8. The summed E-state index contributed by atoms with van der Waals surface area (Å²) in [6.07, 6.45) is 0. The topological polar surface area (TPSA) is 6.48 Å². The molecular formula is C19H32N2. The molecule has 2 nitrogen and oxygen atoms in total. The summed E-state index contributed by atoms with van der Waals surface area (Å²) in [5.74, 6) is 1.14. The van der Waals surface area contributed by atoms with Gasteiger partial charge in [0.25, 0.3) is 0 Å². The second-order valence-electron chi connectivity index (χ2n) is 7.93. The first-order valence-corrected chi connectivity index (χ1v) is 8.34. The van der Waals surface area contributed by atoms with Crippen molar-refractivity contribution in [1.29, 1.82) is 0 Å². The SMILES string of the molecule is CC(C)c1cccc(C(C)C)c1N1CCN(C(C)(C)C)C1. The van der Waals surface area contributed by atoms with Gasteiger partial charge >= 0.3 is 0 Å². The molecule has 0 unspecified atom stereocenters. The molecule has 0 saturated carbocycles. The summed E-state index contributed by atoms with van der Waals surface area (Å²) in [6.45, 7) is 19.5. The van der Waals surface area contributed by atoms with Gasteiger partial charge < -0.3 is 4.90 Å². The fourth-order valence-corrected chi connectivity index (χ4v) is 3.20. The Morgan fingerprint density at radius 2 is 1.43 bits per heavy atom. The Morgan fingerprint density at radius 1 is 0.905 bits per heavy atom. The standard InChI is InChI=1S/C19H32N2/c1-14(2)16-9-8-10-17(15(3)4)18(16)20-11-12-21(13-20)19(5,6)7/h8-10,14-15H,11-13H2,1-7H3. The van der Waals surface area contributed by atoms with Crippen molar-refractivity contribution in [3.05, 3.63) is 29.3 Å². The van der Waals surface area contributed by atoms with E-state index < -0.39 is 0 Å². The zero-order valence-electron chi connectivity index (χ0n) is 14.9. The summed E-state index contributed by atoms with van der Waals surface area (Å²) in [6, 6.07) is 6.85. The van der Waals surface area contributed by atoms with Crippen LogP contribution in [0.2, 0.25) is 0 Å². The van der Waals surface area contributed by atoms with Crippen LogP contribution in [0.5, 0.6) is 0 Å². The van der Waals surface area contributed by atoms with Crippen LogP contribution >= 0.6 is 0 Å². The van der Waals surface area contributed by atoms with E-state index in [0.29, 0.717) is 11.8 Å². The number of rotatable bonds is 3. The van der Waals surface area contributed by atoms with Gasteiger partial charge in [-0.3, -0.25) is 4.90 Å². The maximum Gasteiger partial charge on any atom is 0.0712 e. The lowest BCUT2D eigenvalue weighted by atomic mass is 9.92. The Bertz CT molecular complexity index is 457. The molecule has 0 atom stereocenters. The van der Waals surface area contributed by atoms with Crippen molar-refractivity contribution in [3.63, 3.8) is 0 Å². The molecule has 0 N–H and O–H groups in total. The first-order chi connectivity index (χ1) is 9.71. The van der Waals surface area contributed by atoms with E-state index in [-0.39, 0.29) is 5.54 Å². The van der Waals surface area contributed by atoms with Gasteiger partial charge in [0.05, 0.1) is 6.67 Å². The lowest BCUT2D eigenvalue weighted by molar-refractivity contribution is 0.177. The average molecular weight is 288 g/mol. The Kier molecular flexibility index (Phi) is 4.67. The molecule has 21 heavy (non-hydrogen) atoms. The summed E-state index contributed by atoms with van der Waals surface area (Å²) in [4.78, 5) is 5.17. The van der Waals surface area contributed by atoms with Gasteiger partial charge in [0, 0.05) is 24.3 Å². The highest BCUT2D eigenvalue weighted by Crippen LogP contribution is 2.37. The van der Waals surface area contributed by atoms with Gasteiger partial charge in [-0.1, -0.05) is 45.9 Å². The minimum atomic E-state index is 0.250.